The van der Waals surface area contributed by atoms with Crippen molar-refractivity contribution in [3.63, 3.8) is 0 Å². The molecule has 42 heavy (non-hydrogen) atoms. The average Bonchev–Trinajstić information content (AvgIpc) is 3.58. The van der Waals surface area contributed by atoms with E-state index in [4.69, 9.17) is 0 Å². The Morgan fingerprint density at radius 3 is 2.50 bits per heavy atom. The second-order valence-electron chi connectivity index (χ2n) is 10.3. The highest BCUT2D eigenvalue weighted by atomic mass is 32.1. The number of nitrogens with zero attached hydrogens (tertiary/aromatic N) is 2. The molecule has 3 heterocycles. The number of rotatable bonds is 6. The van der Waals surface area contributed by atoms with Crippen LogP contribution in [0.5, 0.6) is 0 Å². The summed E-state index contributed by atoms with van der Waals surface area (Å²) in [7, 11) is 0. The number of amides is 4. The minimum absolute atomic E-state index is 0.0773. The van der Waals surface area contributed by atoms with Gasteiger partial charge in [-0.3, -0.25) is 34.1 Å². The zero-order valence-electron chi connectivity index (χ0n) is 22.2. The molecule has 3 aromatic rings. The molecule has 3 aliphatic rings. The van der Waals surface area contributed by atoms with E-state index < -0.39 is 17.9 Å². The van der Waals surface area contributed by atoms with Crippen molar-refractivity contribution in [2.75, 3.05) is 10.6 Å². The van der Waals surface area contributed by atoms with Crippen molar-refractivity contribution in [3.8, 4) is 0 Å². The Labute approximate surface area is 244 Å². The Balaban J connectivity index is 1.11. The quantitative estimate of drug-likeness (QED) is 0.227. The van der Waals surface area contributed by atoms with Gasteiger partial charge in [0.1, 0.15) is 10.9 Å². The van der Waals surface area contributed by atoms with Gasteiger partial charge in [0, 0.05) is 48.8 Å². The first-order valence-electron chi connectivity index (χ1n) is 13.4. The molecule has 212 valence electrons. The summed E-state index contributed by atoms with van der Waals surface area (Å²) >= 11 is 1.04. The molecule has 4 amide bonds. The van der Waals surface area contributed by atoms with E-state index in [-0.39, 0.29) is 72.0 Å². The van der Waals surface area contributed by atoms with Crippen LogP contribution in [0, 0.1) is 0 Å². The van der Waals surface area contributed by atoms with Gasteiger partial charge in [-0.2, -0.15) is 0 Å². The summed E-state index contributed by atoms with van der Waals surface area (Å²) in [5.74, 6) is -2.31. The van der Waals surface area contributed by atoms with E-state index in [0.717, 1.165) is 16.9 Å². The molecule has 2 fully saturated rings. The number of imide groups is 1. The molecule has 3 N–H and O–H groups in total. The summed E-state index contributed by atoms with van der Waals surface area (Å²) in [5, 5.41) is 8.30. The fourth-order valence-corrected chi connectivity index (χ4v) is 6.16. The second-order valence-corrected chi connectivity index (χ2v) is 11.3. The van der Waals surface area contributed by atoms with E-state index in [1.807, 2.05) is 30.3 Å². The lowest BCUT2D eigenvalue weighted by atomic mass is 9.80. The van der Waals surface area contributed by atoms with Gasteiger partial charge in [-0.1, -0.05) is 47.7 Å². The van der Waals surface area contributed by atoms with Crippen LogP contribution in [0.15, 0.2) is 66.5 Å². The number of carbonyl (C=O) groups is 6. The number of piperidine rings is 1. The number of thiazole rings is 1. The predicted molar refractivity (Wildman–Crippen MR) is 153 cm³/mol. The molecule has 2 aliphatic heterocycles. The van der Waals surface area contributed by atoms with Gasteiger partial charge in [-0.05, 0) is 30.0 Å². The Bertz CT molecular complexity index is 1660. The molecular weight excluding hydrogens is 558 g/mol. The molecule has 11 nitrogen and oxygen atoms in total. The first-order valence-corrected chi connectivity index (χ1v) is 14.2. The summed E-state index contributed by atoms with van der Waals surface area (Å²) in [6.45, 7) is 0.118. The molecule has 2 aromatic carbocycles. The Hall–Kier alpha value is -4.97. The molecule has 1 atom stereocenters. The van der Waals surface area contributed by atoms with Gasteiger partial charge in [-0.25, -0.2) is 4.98 Å². The molecule has 0 spiro atoms. The second kappa shape index (κ2) is 11.1. The normalized spacial score (nSPS) is 20.3. The number of anilines is 2. The molecule has 12 heteroatoms. The van der Waals surface area contributed by atoms with E-state index in [1.165, 1.54) is 17.3 Å². The van der Waals surface area contributed by atoms with Crippen molar-refractivity contribution in [1.29, 1.82) is 0 Å². The topological polar surface area (TPSA) is 155 Å². The van der Waals surface area contributed by atoms with Crippen LogP contribution >= 0.6 is 11.3 Å². The lowest BCUT2D eigenvalue weighted by Gasteiger charge is -2.29. The highest BCUT2D eigenvalue weighted by Gasteiger charge is 2.40. The number of hydrogen-bond acceptors (Lipinski definition) is 9. The maximum absolute atomic E-state index is 13.1. The first-order chi connectivity index (χ1) is 20.3. The zero-order chi connectivity index (χ0) is 29.4. The smallest absolute Gasteiger partial charge is 0.267 e. The van der Waals surface area contributed by atoms with Crippen molar-refractivity contribution < 1.29 is 28.8 Å². The monoisotopic (exact) mass is 583 g/mol. The van der Waals surface area contributed by atoms with Gasteiger partial charge in [0.25, 0.3) is 11.8 Å². The maximum Gasteiger partial charge on any atom is 0.267 e. The number of fused-ring (bicyclic) bond motifs is 1. The minimum atomic E-state index is -0.762. The highest BCUT2D eigenvalue weighted by Crippen LogP contribution is 2.34. The van der Waals surface area contributed by atoms with E-state index in [0.29, 0.717) is 21.9 Å². The van der Waals surface area contributed by atoms with Crippen molar-refractivity contribution in [3.05, 3.63) is 88.1 Å². The summed E-state index contributed by atoms with van der Waals surface area (Å²) in [5.41, 5.74) is 2.42. The van der Waals surface area contributed by atoms with Crippen LogP contribution in [0.4, 0.5) is 10.8 Å². The van der Waals surface area contributed by atoms with Crippen molar-refractivity contribution in [1.82, 2.24) is 15.2 Å². The van der Waals surface area contributed by atoms with E-state index in [2.05, 4.69) is 20.9 Å². The van der Waals surface area contributed by atoms with Crippen LogP contribution in [0.2, 0.25) is 0 Å². The number of aromatic nitrogens is 1. The first kappa shape index (κ1) is 27.2. The third kappa shape index (κ3) is 5.23. The standard InChI is InChI=1S/C30H25N5O6S/c36-23-11-17(16-5-2-1-3-6-16)12-24(37)19(23)13-31-30-32-14-25(42-30)28(40)33-21-8-4-7-18-20(21)15-35(29(18)41)22-9-10-26(38)34-27(22)39/h1-8,13-14,17,22H,9-12,15H2,(H,31,32)(H,33,40)(H,34,38,39). The molecule has 0 radical (unpaired) electrons. The zero-order valence-corrected chi connectivity index (χ0v) is 23.0. The van der Waals surface area contributed by atoms with E-state index in [1.54, 1.807) is 18.2 Å². The maximum atomic E-state index is 13.1. The lowest BCUT2D eigenvalue weighted by Crippen LogP contribution is -2.52. The number of carbonyl (C=O) groups excluding carboxylic acids is 6. The van der Waals surface area contributed by atoms with Gasteiger partial charge in [0.15, 0.2) is 16.7 Å². The summed E-state index contributed by atoms with van der Waals surface area (Å²) in [6.07, 6.45) is 3.59. The molecule has 1 saturated carbocycles. The van der Waals surface area contributed by atoms with Gasteiger partial charge >= 0.3 is 0 Å². The molecule has 6 rings (SSSR count). The van der Waals surface area contributed by atoms with Crippen LogP contribution in [0.1, 0.15) is 62.8 Å². The number of nitrogens with one attached hydrogen (secondary N) is 3. The van der Waals surface area contributed by atoms with E-state index >= 15 is 0 Å². The van der Waals surface area contributed by atoms with Gasteiger partial charge in [-0.15, -0.1) is 0 Å². The van der Waals surface area contributed by atoms with Crippen LogP contribution in [-0.2, 0) is 25.7 Å². The van der Waals surface area contributed by atoms with Gasteiger partial charge in [0.05, 0.1) is 11.8 Å². The summed E-state index contributed by atoms with van der Waals surface area (Å²) in [6, 6.07) is 13.7. The third-order valence-electron chi connectivity index (χ3n) is 7.64. The van der Waals surface area contributed by atoms with Crippen molar-refractivity contribution in [2.45, 2.75) is 44.2 Å². The fraction of sp³-hybridized carbons (Fsp3) is 0.233. The number of allylic oxidation sites excluding steroid dienone is 1. The lowest BCUT2D eigenvalue weighted by molar-refractivity contribution is -0.137. The fourth-order valence-electron chi connectivity index (χ4n) is 5.48. The minimum Gasteiger partial charge on any atom is -0.337 e. The summed E-state index contributed by atoms with van der Waals surface area (Å²) < 4.78 is 0. The molecule has 1 aromatic heterocycles. The molecule has 0 bridgehead atoms. The highest BCUT2D eigenvalue weighted by molar-refractivity contribution is 7.17. The largest absolute Gasteiger partial charge is 0.337 e. The van der Waals surface area contributed by atoms with E-state index in [9.17, 15) is 28.8 Å². The Morgan fingerprint density at radius 2 is 1.76 bits per heavy atom. The Morgan fingerprint density at radius 1 is 1.00 bits per heavy atom. The van der Waals surface area contributed by atoms with Crippen molar-refractivity contribution in [2.24, 2.45) is 0 Å². The molecule has 1 unspecified atom stereocenters. The van der Waals surface area contributed by atoms with Gasteiger partial charge < -0.3 is 15.5 Å². The number of ketones is 2. The van der Waals surface area contributed by atoms with Crippen LogP contribution < -0.4 is 16.0 Å². The number of hydrogen-bond donors (Lipinski definition) is 3. The third-order valence-corrected chi connectivity index (χ3v) is 8.56. The van der Waals surface area contributed by atoms with Crippen LogP contribution in [0.25, 0.3) is 0 Å². The molecular formula is C30H25N5O6S. The average molecular weight is 584 g/mol. The predicted octanol–water partition coefficient (Wildman–Crippen LogP) is 3.17. The van der Waals surface area contributed by atoms with Crippen molar-refractivity contribution >= 4 is 57.4 Å². The van der Waals surface area contributed by atoms with Gasteiger partial charge in [0.2, 0.25) is 11.8 Å². The SMILES string of the molecule is O=C1CCC(N2Cc3c(NC(=O)c4cnc(NC=C5C(=O)CC(c6ccccc6)CC5=O)s4)cccc3C2=O)C(=O)N1. The number of benzene rings is 2. The molecule has 1 aliphatic carbocycles. The molecule has 1 saturated heterocycles. The number of Topliss-reactive ketones (excluding diaryl/α,β-unsaturated/α-hetero) is 2. The van der Waals surface area contributed by atoms with Crippen LogP contribution in [0.3, 0.4) is 0 Å². The summed E-state index contributed by atoms with van der Waals surface area (Å²) in [4.78, 5) is 81.3. The Kier molecular flexibility index (Phi) is 7.21. The van der Waals surface area contributed by atoms with Crippen LogP contribution in [-0.4, -0.2) is 51.1 Å².